The number of hydrogen-bond acceptors (Lipinski definition) is 2. The van der Waals surface area contributed by atoms with Crippen LogP contribution in [0.1, 0.15) is 24.0 Å². The van der Waals surface area contributed by atoms with Crippen LogP contribution in [0.3, 0.4) is 0 Å². The zero-order valence-corrected chi connectivity index (χ0v) is 14.2. The fourth-order valence-corrected chi connectivity index (χ4v) is 2.88. The molecule has 26 heavy (non-hydrogen) atoms. The van der Waals surface area contributed by atoms with Gasteiger partial charge in [0.15, 0.2) is 5.96 Å². The molecule has 3 rings (SSSR count). The molecule has 0 spiro atoms. The zero-order chi connectivity index (χ0) is 18.5. The molecule has 136 valence electrons. The summed E-state index contributed by atoms with van der Waals surface area (Å²) in [6.07, 6.45) is 1.48. The Hall–Kier alpha value is -2.96. The highest BCUT2D eigenvalue weighted by Gasteiger charge is 2.20. The second-order valence-electron chi connectivity index (χ2n) is 6.14. The lowest BCUT2D eigenvalue weighted by Gasteiger charge is -2.17. The van der Waals surface area contributed by atoms with Crippen LogP contribution < -0.4 is 11.1 Å². The number of nitrogens with one attached hydrogen (secondary N) is 1. The van der Waals surface area contributed by atoms with Gasteiger partial charge in [0.2, 0.25) is 5.91 Å². The van der Waals surface area contributed by atoms with E-state index in [-0.39, 0.29) is 24.1 Å². The lowest BCUT2D eigenvalue weighted by Crippen LogP contribution is -2.25. The number of guanidine groups is 1. The maximum atomic E-state index is 13.6. The molecular weight excluding hydrogens is 338 g/mol. The fraction of sp³-hybridized carbons (Fsp3) is 0.263. The Morgan fingerprint density at radius 1 is 1.19 bits per heavy atom. The van der Waals surface area contributed by atoms with E-state index in [9.17, 15) is 13.6 Å². The summed E-state index contributed by atoms with van der Waals surface area (Å²) in [6.45, 7) is 1.57. The van der Waals surface area contributed by atoms with Crippen LogP contribution in [-0.4, -0.2) is 23.3 Å². The molecule has 0 radical (unpaired) electrons. The van der Waals surface area contributed by atoms with Gasteiger partial charge in [0, 0.05) is 25.6 Å². The van der Waals surface area contributed by atoms with E-state index < -0.39 is 11.6 Å². The first-order chi connectivity index (χ1) is 12.5. The topological polar surface area (TPSA) is 70.7 Å². The Morgan fingerprint density at radius 3 is 2.69 bits per heavy atom. The van der Waals surface area contributed by atoms with Crippen molar-refractivity contribution in [1.29, 1.82) is 0 Å². The summed E-state index contributed by atoms with van der Waals surface area (Å²) in [5, 5.41) is 2.57. The molecule has 0 bridgehead atoms. The minimum atomic E-state index is -0.613. The van der Waals surface area contributed by atoms with Gasteiger partial charge in [-0.1, -0.05) is 24.3 Å². The quantitative estimate of drug-likeness (QED) is 0.638. The van der Waals surface area contributed by atoms with Crippen LogP contribution in [-0.2, 0) is 17.9 Å². The number of aliphatic imine (C=N–C) groups is 1. The second kappa shape index (κ2) is 7.95. The number of nitrogens with zero attached hydrogens (tertiary/aromatic N) is 2. The van der Waals surface area contributed by atoms with Crippen molar-refractivity contribution in [3.8, 4) is 0 Å². The minimum absolute atomic E-state index is 0.0125. The summed E-state index contributed by atoms with van der Waals surface area (Å²) >= 11 is 0. The van der Waals surface area contributed by atoms with Gasteiger partial charge in [0.05, 0.1) is 12.2 Å². The molecule has 0 saturated carbocycles. The number of hydrogen-bond donors (Lipinski definition) is 2. The van der Waals surface area contributed by atoms with Crippen LogP contribution in [0.25, 0.3) is 0 Å². The summed E-state index contributed by atoms with van der Waals surface area (Å²) in [7, 11) is 0. The highest BCUT2D eigenvalue weighted by Crippen LogP contribution is 2.18. The minimum Gasteiger partial charge on any atom is -0.370 e. The molecule has 0 aliphatic carbocycles. The summed E-state index contributed by atoms with van der Waals surface area (Å²) in [5.41, 5.74) is 7.65. The molecule has 3 N–H and O–H groups in total. The number of nitrogens with two attached hydrogens (primary N) is 1. The first kappa shape index (κ1) is 17.8. The van der Waals surface area contributed by atoms with Crippen molar-refractivity contribution in [3.63, 3.8) is 0 Å². The highest BCUT2D eigenvalue weighted by atomic mass is 19.1. The van der Waals surface area contributed by atoms with E-state index in [1.165, 1.54) is 0 Å². The van der Waals surface area contributed by atoms with E-state index in [4.69, 9.17) is 5.73 Å². The second-order valence-corrected chi connectivity index (χ2v) is 6.14. The normalized spacial score (nSPS) is 14.8. The van der Waals surface area contributed by atoms with Gasteiger partial charge in [-0.15, -0.1) is 0 Å². The number of carbonyl (C=O) groups is 1. The van der Waals surface area contributed by atoms with Gasteiger partial charge in [-0.3, -0.25) is 4.79 Å². The molecule has 2 aromatic rings. The molecule has 2 aromatic carbocycles. The third-order valence-corrected chi connectivity index (χ3v) is 4.26. The summed E-state index contributed by atoms with van der Waals surface area (Å²) in [5.74, 6) is -1.03. The van der Waals surface area contributed by atoms with Crippen molar-refractivity contribution in [2.75, 3.05) is 11.9 Å². The number of benzene rings is 2. The fourth-order valence-electron chi connectivity index (χ4n) is 2.88. The van der Waals surface area contributed by atoms with E-state index in [0.29, 0.717) is 13.0 Å². The maximum Gasteiger partial charge on any atom is 0.222 e. The van der Waals surface area contributed by atoms with Gasteiger partial charge in [-0.05, 0) is 29.7 Å². The Kier molecular flexibility index (Phi) is 5.46. The van der Waals surface area contributed by atoms with E-state index in [0.717, 1.165) is 42.3 Å². The summed E-state index contributed by atoms with van der Waals surface area (Å²) in [6, 6.07) is 10.7. The van der Waals surface area contributed by atoms with E-state index >= 15 is 0 Å². The number of rotatable bonds is 5. The average molecular weight is 358 g/mol. The van der Waals surface area contributed by atoms with Gasteiger partial charge in [-0.25, -0.2) is 13.8 Å². The van der Waals surface area contributed by atoms with Gasteiger partial charge in [0.25, 0.3) is 0 Å². The molecule has 1 saturated heterocycles. The third-order valence-electron chi connectivity index (χ3n) is 4.26. The van der Waals surface area contributed by atoms with Gasteiger partial charge >= 0.3 is 0 Å². The van der Waals surface area contributed by atoms with Crippen molar-refractivity contribution in [2.24, 2.45) is 10.7 Å². The van der Waals surface area contributed by atoms with E-state index in [2.05, 4.69) is 10.3 Å². The zero-order valence-electron chi connectivity index (χ0n) is 14.2. The standard InChI is InChI=1S/C19H20F2N4O/c20-15-7-8-16(21)17(10-15)24-19(22)23-11-13-4-1-2-5-14(13)12-25-9-3-6-18(25)26/h1-2,4-5,7-8,10H,3,6,9,11-12H2,(H3,22,23,24). The average Bonchev–Trinajstić information content (AvgIpc) is 3.02. The number of amides is 1. The predicted molar refractivity (Wildman–Crippen MR) is 96.4 cm³/mol. The van der Waals surface area contributed by atoms with E-state index in [1.54, 1.807) is 0 Å². The van der Waals surface area contributed by atoms with Crippen molar-refractivity contribution in [2.45, 2.75) is 25.9 Å². The first-order valence-corrected chi connectivity index (χ1v) is 8.39. The lowest BCUT2D eigenvalue weighted by atomic mass is 10.1. The molecule has 1 amide bonds. The lowest BCUT2D eigenvalue weighted by molar-refractivity contribution is -0.128. The Balaban J connectivity index is 1.69. The smallest absolute Gasteiger partial charge is 0.222 e. The number of likely N-dealkylation sites (tertiary alicyclic amines) is 1. The predicted octanol–water partition coefficient (Wildman–Crippen LogP) is 3.01. The monoisotopic (exact) mass is 358 g/mol. The molecule has 1 fully saturated rings. The molecular formula is C19H20F2N4O. The van der Waals surface area contributed by atoms with Crippen molar-refractivity contribution >= 4 is 17.6 Å². The largest absolute Gasteiger partial charge is 0.370 e. The summed E-state index contributed by atoms with van der Waals surface area (Å²) in [4.78, 5) is 17.9. The van der Waals surface area contributed by atoms with Crippen molar-refractivity contribution < 1.29 is 13.6 Å². The first-order valence-electron chi connectivity index (χ1n) is 8.39. The van der Waals surface area contributed by atoms with Gasteiger partial charge < -0.3 is 16.0 Å². The Labute approximate surface area is 150 Å². The van der Waals surface area contributed by atoms with Crippen LogP contribution in [0.15, 0.2) is 47.5 Å². The van der Waals surface area contributed by atoms with Crippen molar-refractivity contribution in [3.05, 3.63) is 65.2 Å². The Morgan fingerprint density at radius 2 is 1.96 bits per heavy atom. The number of anilines is 1. The van der Waals surface area contributed by atoms with Gasteiger partial charge in [-0.2, -0.15) is 0 Å². The molecule has 1 aliphatic rings. The van der Waals surface area contributed by atoms with Crippen LogP contribution >= 0.6 is 0 Å². The molecule has 1 aliphatic heterocycles. The van der Waals surface area contributed by atoms with Gasteiger partial charge in [0.1, 0.15) is 11.6 Å². The number of halogens is 2. The van der Waals surface area contributed by atoms with Crippen LogP contribution in [0, 0.1) is 11.6 Å². The molecule has 1 heterocycles. The number of carbonyl (C=O) groups excluding carboxylic acids is 1. The molecule has 5 nitrogen and oxygen atoms in total. The molecule has 0 atom stereocenters. The van der Waals surface area contributed by atoms with Crippen LogP contribution in [0.4, 0.5) is 14.5 Å². The Bertz CT molecular complexity index is 838. The maximum absolute atomic E-state index is 13.6. The van der Waals surface area contributed by atoms with Crippen LogP contribution in [0.2, 0.25) is 0 Å². The highest BCUT2D eigenvalue weighted by molar-refractivity contribution is 5.92. The SMILES string of the molecule is NC(=NCc1ccccc1CN1CCCC1=O)Nc1cc(F)ccc1F. The van der Waals surface area contributed by atoms with E-state index in [1.807, 2.05) is 29.2 Å². The third kappa shape index (κ3) is 4.36. The van der Waals surface area contributed by atoms with Crippen LogP contribution in [0.5, 0.6) is 0 Å². The molecule has 0 unspecified atom stereocenters. The molecule has 7 heteroatoms. The summed E-state index contributed by atoms with van der Waals surface area (Å²) < 4.78 is 26.9. The van der Waals surface area contributed by atoms with Crippen molar-refractivity contribution in [1.82, 2.24) is 4.90 Å². The molecule has 0 aromatic heterocycles.